The summed E-state index contributed by atoms with van der Waals surface area (Å²) in [6.45, 7) is 0. The Balaban J connectivity index is 0.000000441. The molecule has 0 saturated heterocycles. The summed E-state index contributed by atoms with van der Waals surface area (Å²) in [5, 5.41) is 24.9. The molecule has 3 aliphatic carbocycles. The van der Waals surface area contributed by atoms with Gasteiger partial charge in [0.25, 0.3) is 0 Å². The summed E-state index contributed by atoms with van der Waals surface area (Å²) in [6, 6.07) is 4.67. The van der Waals surface area contributed by atoms with Gasteiger partial charge >= 0.3 is 27.7 Å². The van der Waals surface area contributed by atoms with Crippen molar-refractivity contribution in [3.8, 4) is 0 Å². The first-order chi connectivity index (χ1) is 13.1. The van der Waals surface area contributed by atoms with Gasteiger partial charge in [0.15, 0.2) is 0 Å². The summed E-state index contributed by atoms with van der Waals surface area (Å²) in [5.41, 5.74) is 7.16. The molecule has 0 aliphatic heterocycles. The van der Waals surface area contributed by atoms with Crippen LogP contribution in [0.25, 0.3) is 0 Å². The molecular weight excluding hydrogens is 395 g/mol. The Hall–Kier alpha value is -1.40. The summed E-state index contributed by atoms with van der Waals surface area (Å²) < 4.78 is 12.2. The van der Waals surface area contributed by atoms with E-state index in [2.05, 4.69) is 6.42 Å². The molecule has 151 valence electrons. The van der Waals surface area contributed by atoms with Gasteiger partial charge in [-0.15, -0.1) is 12.0 Å². The van der Waals surface area contributed by atoms with E-state index in [1.807, 2.05) is 0 Å². The van der Waals surface area contributed by atoms with Crippen molar-refractivity contribution < 1.29 is 46.2 Å². The zero-order valence-corrected chi connectivity index (χ0v) is 18.2. The molecule has 1 N–H and O–H groups in total. The van der Waals surface area contributed by atoms with Crippen molar-refractivity contribution in [1.29, 1.82) is 0 Å². The maximum Gasteiger partial charge on any atom is 3.00 e. The first-order valence-corrected chi connectivity index (χ1v) is 9.22. The molecule has 0 atom stereocenters. The molecule has 0 amide bonds. The molecule has 0 bridgehead atoms. The van der Waals surface area contributed by atoms with Crippen LogP contribution in [-0.4, -0.2) is 25.3 Å². The molecule has 1 aromatic carbocycles. The number of rotatable bonds is 1. The van der Waals surface area contributed by atoms with Crippen LogP contribution in [0.1, 0.15) is 61.7 Å². The molecule has 4 nitrogen and oxygen atoms in total. The van der Waals surface area contributed by atoms with Crippen LogP contribution in [0.3, 0.4) is 0 Å². The van der Waals surface area contributed by atoms with Crippen LogP contribution in [0.4, 0.5) is 4.39 Å². The fourth-order valence-corrected chi connectivity index (χ4v) is 3.71. The summed E-state index contributed by atoms with van der Waals surface area (Å²) in [7, 11) is 1.50. The van der Waals surface area contributed by atoms with Crippen LogP contribution in [-0.2, 0) is 21.7 Å². The summed E-state index contributed by atoms with van der Waals surface area (Å²) in [4.78, 5) is 10.2. The molecule has 6 heteroatoms. The number of carboxylic acid groups (broad SMARTS) is 1. The van der Waals surface area contributed by atoms with E-state index in [0.717, 1.165) is 26.4 Å². The van der Waals surface area contributed by atoms with Gasteiger partial charge in [-0.1, -0.05) is 24.8 Å². The first-order valence-electron chi connectivity index (χ1n) is 9.22. The second-order valence-electron chi connectivity index (χ2n) is 6.38. The Bertz CT molecular complexity index is 636. The Morgan fingerprint density at radius 3 is 2.14 bits per heavy atom. The molecule has 0 spiro atoms. The fourth-order valence-electron chi connectivity index (χ4n) is 3.71. The molecule has 0 saturated carbocycles. The maximum absolute atomic E-state index is 12.2. The average Bonchev–Trinajstić information content (AvgIpc) is 3.11. The van der Waals surface area contributed by atoms with E-state index >= 15 is 0 Å². The second kappa shape index (κ2) is 14.6. The number of halogens is 1. The number of hydrogen-bond acceptors (Lipinski definition) is 3. The van der Waals surface area contributed by atoms with Gasteiger partial charge in [-0.2, -0.15) is 19.8 Å². The van der Waals surface area contributed by atoms with Gasteiger partial charge in [0, 0.05) is 0 Å². The van der Waals surface area contributed by atoms with E-state index in [4.69, 9.17) is 15.3 Å². The third-order valence-electron chi connectivity index (χ3n) is 4.85. The predicted octanol–water partition coefficient (Wildman–Crippen LogP) is 3.42. The van der Waals surface area contributed by atoms with Crippen molar-refractivity contribution in [3.05, 3.63) is 64.4 Å². The van der Waals surface area contributed by atoms with Gasteiger partial charge in [0.1, 0.15) is 5.82 Å². The van der Waals surface area contributed by atoms with E-state index in [9.17, 15) is 9.18 Å². The van der Waals surface area contributed by atoms with E-state index in [1.165, 1.54) is 63.5 Å². The Morgan fingerprint density at radius 1 is 0.964 bits per heavy atom. The monoisotopic (exact) mass is 423 g/mol. The minimum atomic E-state index is -1.04. The standard InChI is InChI=1S/C13H17.C7H5FO2.2CH3O.Ti/c1-3-7-12-10(5-1)9-11-6-2-4-8-13(11)12;8-6-3-1-5(2-4-6)7(9)10;2*1-2;/h5H,1-4,6-9H2;1-4H,(H,9,10);2*1H3;/q-1;;2*-1;+3. The molecular formula is C22H28FO4Ti. The van der Waals surface area contributed by atoms with Crippen LogP contribution in [0.15, 0.2) is 46.6 Å². The molecule has 1 radical (unpaired) electrons. The Labute approximate surface area is 182 Å². The zero-order chi connectivity index (χ0) is 20.2. The van der Waals surface area contributed by atoms with Crippen molar-refractivity contribution in [1.82, 2.24) is 0 Å². The van der Waals surface area contributed by atoms with Gasteiger partial charge in [-0.25, -0.2) is 21.2 Å². The summed E-state index contributed by atoms with van der Waals surface area (Å²) in [5.74, 6) is -1.47. The SMILES string of the molecule is C[O-].C[O-].O=C(O)c1ccc(F)cc1.[CH-]1CCCC2=C1CC1=C2CCCC1.[Ti+3]. The Kier molecular flexibility index (Phi) is 13.9. The molecule has 3 aliphatic rings. The van der Waals surface area contributed by atoms with E-state index in [1.54, 1.807) is 22.3 Å². The smallest absolute Gasteiger partial charge is 0.857 e. The van der Waals surface area contributed by atoms with Gasteiger partial charge in [0.2, 0.25) is 0 Å². The summed E-state index contributed by atoms with van der Waals surface area (Å²) >= 11 is 0. The third-order valence-corrected chi connectivity index (χ3v) is 4.85. The predicted molar refractivity (Wildman–Crippen MR) is 100 cm³/mol. The van der Waals surface area contributed by atoms with Gasteiger partial charge in [-0.3, -0.25) is 0 Å². The Morgan fingerprint density at radius 2 is 1.54 bits per heavy atom. The van der Waals surface area contributed by atoms with Gasteiger partial charge < -0.3 is 15.3 Å². The normalized spacial score (nSPS) is 16.3. The number of hydrogen-bond donors (Lipinski definition) is 1. The van der Waals surface area contributed by atoms with Crippen molar-refractivity contribution in [2.45, 2.75) is 51.4 Å². The zero-order valence-electron chi connectivity index (χ0n) is 16.6. The van der Waals surface area contributed by atoms with Crippen molar-refractivity contribution >= 4 is 5.97 Å². The number of allylic oxidation sites excluding steroid dienone is 4. The number of benzene rings is 1. The topological polar surface area (TPSA) is 83.4 Å². The van der Waals surface area contributed by atoms with E-state index in [-0.39, 0.29) is 27.3 Å². The molecule has 4 rings (SSSR count). The van der Waals surface area contributed by atoms with Gasteiger partial charge in [-0.05, 0) is 49.9 Å². The van der Waals surface area contributed by atoms with Crippen LogP contribution in [0, 0.1) is 12.2 Å². The minimum Gasteiger partial charge on any atom is -0.857 e. The number of carbonyl (C=O) groups is 1. The van der Waals surface area contributed by atoms with E-state index in [0.29, 0.717) is 0 Å². The second-order valence-corrected chi connectivity index (χ2v) is 6.38. The molecule has 0 aromatic heterocycles. The molecule has 0 unspecified atom stereocenters. The van der Waals surface area contributed by atoms with Crippen LogP contribution >= 0.6 is 0 Å². The first kappa shape index (κ1) is 26.6. The third kappa shape index (κ3) is 7.55. The van der Waals surface area contributed by atoms with E-state index < -0.39 is 11.8 Å². The number of fused-ring (bicyclic) bond motifs is 1. The molecule has 0 fully saturated rings. The molecule has 1 aromatic rings. The largest absolute Gasteiger partial charge is 3.00 e. The number of carboxylic acids is 1. The van der Waals surface area contributed by atoms with Crippen molar-refractivity contribution in [2.24, 2.45) is 0 Å². The average molecular weight is 423 g/mol. The molecule has 0 heterocycles. The van der Waals surface area contributed by atoms with Crippen molar-refractivity contribution in [2.75, 3.05) is 14.2 Å². The molecule has 28 heavy (non-hydrogen) atoms. The van der Waals surface area contributed by atoms with Gasteiger partial charge in [0.05, 0.1) is 5.56 Å². The van der Waals surface area contributed by atoms with Crippen LogP contribution in [0.2, 0.25) is 0 Å². The van der Waals surface area contributed by atoms with Crippen LogP contribution in [0.5, 0.6) is 0 Å². The number of aromatic carboxylic acids is 1. The minimum absolute atomic E-state index is 0. The van der Waals surface area contributed by atoms with Crippen molar-refractivity contribution in [3.63, 3.8) is 0 Å². The quantitative estimate of drug-likeness (QED) is 0.554. The maximum atomic E-state index is 12.2. The fraction of sp³-hybridized carbons (Fsp3) is 0.455. The van der Waals surface area contributed by atoms with Crippen LogP contribution < -0.4 is 10.2 Å². The summed E-state index contributed by atoms with van der Waals surface area (Å²) in [6.07, 6.45) is 13.6.